The summed E-state index contributed by atoms with van der Waals surface area (Å²) in [6, 6.07) is 20.9. The first-order chi connectivity index (χ1) is 13.7. The van der Waals surface area contributed by atoms with Crippen molar-refractivity contribution in [2.75, 3.05) is 11.1 Å². The number of carboxylic acid groups (broad SMARTS) is 1. The van der Waals surface area contributed by atoms with Gasteiger partial charge in [-0.3, -0.25) is 4.79 Å². The van der Waals surface area contributed by atoms with Crippen LogP contribution in [0.4, 0.5) is 5.69 Å². The minimum absolute atomic E-state index is 0.00210. The van der Waals surface area contributed by atoms with Crippen LogP contribution < -0.4 is 5.32 Å². The second-order valence-electron chi connectivity index (χ2n) is 7.11. The first kappa shape index (κ1) is 20.6. The SMILES string of the molecule is Cc1cc(C)cc(-c2cccc(CNc3ccc(S(=O)(=O)CC(=O)O)cc3)c2)c1. The summed E-state index contributed by atoms with van der Waals surface area (Å²) in [7, 11) is -3.81. The Morgan fingerprint density at radius 3 is 2.17 bits per heavy atom. The van der Waals surface area contributed by atoms with Crippen molar-refractivity contribution in [2.45, 2.75) is 25.3 Å². The molecule has 150 valence electrons. The van der Waals surface area contributed by atoms with E-state index in [0.29, 0.717) is 6.54 Å². The Morgan fingerprint density at radius 1 is 0.897 bits per heavy atom. The number of carbonyl (C=O) groups is 1. The van der Waals surface area contributed by atoms with Gasteiger partial charge in [0.2, 0.25) is 0 Å². The largest absolute Gasteiger partial charge is 0.480 e. The zero-order valence-electron chi connectivity index (χ0n) is 16.3. The molecule has 0 saturated carbocycles. The highest BCUT2D eigenvalue weighted by Gasteiger charge is 2.18. The average molecular weight is 410 g/mol. The van der Waals surface area contributed by atoms with Crippen molar-refractivity contribution in [1.29, 1.82) is 0 Å². The molecule has 0 bridgehead atoms. The minimum atomic E-state index is -3.81. The van der Waals surface area contributed by atoms with Gasteiger partial charge in [-0.2, -0.15) is 0 Å². The van der Waals surface area contributed by atoms with Gasteiger partial charge in [0.15, 0.2) is 15.6 Å². The molecule has 0 unspecified atom stereocenters. The van der Waals surface area contributed by atoms with E-state index in [1.54, 1.807) is 12.1 Å². The first-order valence-corrected chi connectivity index (χ1v) is 10.8. The van der Waals surface area contributed by atoms with Crippen molar-refractivity contribution in [3.05, 3.63) is 83.4 Å². The van der Waals surface area contributed by atoms with Crippen LogP contribution in [0.15, 0.2) is 71.6 Å². The number of carboxylic acids is 1. The summed E-state index contributed by atoms with van der Waals surface area (Å²) < 4.78 is 23.9. The molecule has 3 rings (SSSR count). The van der Waals surface area contributed by atoms with Crippen molar-refractivity contribution in [2.24, 2.45) is 0 Å². The monoisotopic (exact) mass is 409 g/mol. The highest BCUT2D eigenvalue weighted by molar-refractivity contribution is 7.92. The summed E-state index contributed by atoms with van der Waals surface area (Å²) in [5.74, 6) is -2.28. The Balaban J connectivity index is 1.71. The van der Waals surface area contributed by atoms with Crippen molar-refractivity contribution in [3.63, 3.8) is 0 Å². The number of benzene rings is 3. The van der Waals surface area contributed by atoms with E-state index in [1.807, 2.05) is 12.1 Å². The molecule has 0 radical (unpaired) electrons. The minimum Gasteiger partial charge on any atom is -0.480 e. The van der Waals surface area contributed by atoms with E-state index < -0.39 is 21.6 Å². The van der Waals surface area contributed by atoms with E-state index in [1.165, 1.54) is 28.8 Å². The van der Waals surface area contributed by atoms with Crippen LogP contribution in [0.3, 0.4) is 0 Å². The van der Waals surface area contributed by atoms with Gasteiger partial charge in [0.1, 0.15) is 0 Å². The summed E-state index contributed by atoms with van der Waals surface area (Å²) in [6.45, 7) is 4.75. The molecular formula is C23H23NO4S. The Bertz CT molecular complexity index is 1120. The van der Waals surface area contributed by atoms with Gasteiger partial charge in [-0.05, 0) is 60.9 Å². The van der Waals surface area contributed by atoms with Gasteiger partial charge in [-0.25, -0.2) is 8.42 Å². The molecule has 0 saturated heterocycles. The van der Waals surface area contributed by atoms with Gasteiger partial charge in [0.25, 0.3) is 0 Å². The lowest BCUT2D eigenvalue weighted by Crippen LogP contribution is -2.15. The highest BCUT2D eigenvalue weighted by Crippen LogP contribution is 2.24. The molecule has 0 amide bonds. The Hall–Kier alpha value is -3.12. The van der Waals surface area contributed by atoms with Gasteiger partial charge < -0.3 is 10.4 Å². The van der Waals surface area contributed by atoms with Crippen molar-refractivity contribution < 1.29 is 18.3 Å². The summed E-state index contributed by atoms with van der Waals surface area (Å²) in [6.07, 6.45) is 0. The number of hydrogen-bond donors (Lipinski definition) is 2. The molecule has 0 aliphatic carbocycles. The lowest BCUT2D eigenvalue weighted by Gasteiger charge is -2.10. The van der Waals surface area contributed by atoms with Crippen molar-refractivity contribution in [1.82, 2.24) is 0 Å². The van der Waals surface area contributed by atoms with E-state index in [2.05, 4.69) is 49.5 Å². The number of hydrogen-bond acceptors (Lipinski definition) is 4. The van der Waals surface area contributed by atoms with Crippen LogP contribution in [0.1, 0.15) is 16.7 Å². The predicted molar refractivity (Wildman–Crippen MR) is 115 cm³/mol. The molecule has 0 fully saturated rings. The van der Waals surface area contributed by atoms with Crippen molar-refractivity contribution >= 4 is 21.5 Å². The number of aliphatic carboxylic acids is 1. The standard InChI is InChI=1S/C23H23NO4S/c1-16-10-17(2)12-20(11-16)19-5-3-4-18(13-19)14-24-21-6-8-22(9-7-21)29(27,28)15-23(25)26/h3-13,24H,14-15H2,1-2H3,(H,25,26). The van der Waals surface area contributed by atoms with Crippen LogP contribution >= 0.6 is 0 Å². The van der Waals surface area contributed by atoms with Crippen LogP contribution in [0, 0.1) is 13.8 Å². The number of sulfone groups is 1. The van der Waals surface area contributed by atoms with Crippen LogP contribution in [0.25, 0.3) is 11.1 Å². The maximum atomic E-state index is 12.0. The number of aryl methyl sites for hydroxylation is 2. The molecule has 2 N–H and O–H groups in total. The fraction of sp³-hybridized carbons (Fsp3) is 0.174. The third-order valence-electron chi connectivity index (χ3n) is 4.51. The molecule has 0 heterocycles. The van der Waals surface area contributed by atoms with E-state index in [0.717, 1.165) is 16.8 Å². The Labute approximate surface area is 171 Å². The molecule has 0 aromatic heterocycles. The third kappa shape index (κ3) is 5.45. The first-order valence-electron chi connectivity index (χ1n) is 9.19. The zero-order valence-corrected chi connectivity index (χ0v) is 17.2. The average Bonchev–Trinajstić information content (AvgIpc) is 2.65. The summed E-state index contributed by atoms with van der Waals surface area (Å²) in [5.41, 5.74) is 6.63. The number of anilines is 1. The molecule has 0 spiro atoms. The van der Waals surface area contributed by atoms with Crippen LogP contribution in [-0.4, -0.2) is 25.2 Å². The fourth-order valence-electron chi connectivity index (χ4n) is 3.23. The Kier molecular flexibility index (Phi) is 6.03. The van der Waals surface area contributed by atoms with Gasteiger partial charge in [0.05, 0.1) is 4.90 Å². The molecule has 5 nitrogen and oxygen atoms in total. The summed E-state index contributed by atoms with van der Waals surface area (Å²) >= 11 is 0. The zero-order chi connectivity index (χ0) is 21.0. The van der Waals surface area contributed by atoms with Gasteiger partial charge in [0, 0.05) is 12.2 Å². The van der Waals surface area contributed by atoms with E-state index in [9.17, 15) is 13.2 Å². The molecule has 6 heteroatoms. The molecule has 0 aliphatic heterocycles. The van der Waals surface area contributed by atoms with Gasteiger partial charge in [-0.15, -0.1) is 0 Å². The van der Waals surface area contributed by atoms with Crippen LogP contribution in [0.5, 0.6) is 0 Å². The Morgan fingerprint density at radius 2 is 1.55 bits per heavy atom. The van der Waals surface area contributed by atoms with Crippen LogP contribution in [-0.2, 0) is 21.2 Å². The smallest absolute Gasteiger partial charge is 0.319 e. The van der Waals surface area contributed by atoms with Crippen LogP contribution in [0.2, 0.25) is 0 Å². The maximum absolute atomic E-state index is 12.0. The molecule has 0 aliphatic rings. The topological polar surface area (TPSA) is 83.5 Å². The lowest BCUT2D eigenvalue weighted by molar-refractivity contribution is -0.134. The molecule has 3 aromatic carbocycles. The molecule has 3 aromatic rings. The van der Waals surface area contributed by atoms with Gasteiger partial charge >= 0.3 is 5.97 Å². The maximum Gasteiger partial charge on any atom is 0.319 e. The number of nitrogens with one attached hydrogen (secondary N) is 1. The predicted octanol–water partition coefficient (Wildman–Crippen LogP) is 4.44. The quantitative estimate of drug-likeness (QED) is 0.603. The van der Waals surface area contributed by atoms with E-state index >= 15 is 0 Å². The van der Waals surface area contributed by atoms with E-state index in [-0.39, 0.29) is 4.90 Å². The molecular weight excluding hydrogens is 386 g/mol. The summed E-state index contributed by atoms with van der Waals surface area (Å²) in [4.78, 5) is 10.7. The fourth-order valence-corrected chi connectivity index (χ4v) is 4.27. The highest BCUT2D eigenvalue weighted by atomic mass is 32.2. The van der Waals surface area contributed by atoms with Gasteiger partial charge in [-0.1, -0.05) is 47.5 Å². The van der Waals surface area contributed by atoms with E-state index in [4.69, 9.17) is 5.11 Å². The second-order valence-corrected chi connectivity index (χ2v) is 9.10. The molecule has 29 heavy (non-hydrogen) atoms. The normalized spacial score (nSPS) is 11.2. The molecule has 0 atom stereocenters. The lowest BCUT2D eigenvalue weighted by atomic mass is 9.99. The van der Waals surface area contributed by atoms with Crippen molar-refractivity contribution in [3.8, 4) is 11.1 Å². The summed E-state index contributed by atoms with van der Waals surface area (Å²) in [5, 5.41) is 12.0. The number of rotatable bonds is 7. The third-order valence-corrected chi connectivity index (χ3v) is 6.12. The second kappa shape index (κ2) is 8.49.